The molecule has 0 saturated carbocycles. The van der Waals surface area contributed by atoms with Gasteiger partial charge >= 0.3 is 65.7 Å². The molecule has 5 heavy (non-hydrogen) atoms. The Morgan fingerprint density at radius 3 is 2.20 bits per heavy atom. The standard InChI is InChI=1S/C2H3O2.K/c1-4-2-3;/h1H3;. The SMILES string of the molecule is CO[C](=O)[K]. The Morgan fingerprint density at radius 2 is 2.20 bits per heavy atom. The maximum atomic E-state index is 9.67. The van der Waals surface area contributed by atoms with Crippen LogP contribution < -0.4 is 0 Å². The second-order valence-electron chi connectivity index (χ2n) is 0.696. The molecule has 0 aliphatic rings. The Labute approximate surface area is 64.5 Å². The number of carbonyl (C=O) groups excluding carboxylic acids is 1. The molecule has 0 aromatic carbocycles. The van der Waals surface area contributed by atoms with Gasteiger partial charge in [0.15, 0.2) is 0 Å². The van der Waals surface area contributed by atoms with Gasteiger partial charge in [-0.3, -0.25) is 0 Å². The van der Waals surface area contributed by atoms with Crippen molar-refractivity contribution in [3.05, 3.63) is 0 Å². The van der Waals surface area contributed by atoms with E-state index < -0.39 is 0 Å². The zero-order valence-corrected chi connectivity index (χ0v) is 6.44. The zero-order valence-electron chi connectivity index (χ0n) is 3.32. The summed E-state index contributed by atoms with van der Waals surface area (Å²) in [5.74, 6) is 0. The Kier molecular flexibility index (Phi) is 4.03. The Balaban J connectivity index is 2.85. The van der Waals surface area contributed by atoms with E-state index in [-0.39, 0.29) is 49.0 Å². The van der Waals surface area contributed by atoms with Gasteiger partial charge in [0.25, 0.3) is 0 Å². The fraction of sp³-hybridized carbons (Fsp3) is 0.500. The van der Waals surface area contributed by atoms with Crippen molar-refractivity contribution in [2.75, 3.05) is 7.11 Å². The minimum absolute atomic E-state index is 0.0579. The Bertz CT molecular complexity index is 42.9. The van der Waals surface area contributed by atoms with Crippen LogP contribution in [0.5, 0.6) is 0 Å². The van der Waals surface area contributed by atoms with Gasteiger partial charge in [0.05, 0.1) is 0 Å². The molecule has 2 nitrogen and oxygen atoms in total. The predicted octanol–water partition coefficient (Wildman–Crippen LogP) is -0.0787. The first-order chi connectivity index (χ1) is 2.27. The molecule has 0 amide bonds. The van der Waals surface area contributed by atoms with Crippen LogP contribution in [0.2, 0.25) is 0 Å². The van der Waals surface area contributed by atoms with Crippen LogP contribution in [0.25, 0.3) is 0 Å². The van der Waals surface area contributed by atoms with Crippen LogP contribution in [0.4, 0.5) is 4.79 Å². The van der Waals surface area contributed by atoms with E-state index in [1.54, 1.807) is 0 Å². The summed E-state index contributed by atoms with van der Waals surface area (Å²) in [5.41, 5.74) is 0. The van der Waals surface area contributed by atoms with Crippen LogP contribution in [-0.4, -0.2) is 56.1 Å². The first-order valence-corrected chi connectivity index (χ1v) is 2.88. The van der Waals surface area contributed by atoms with Gasteiger partial charge < -0.3 is 0 Å². The molecule has 24 valence electrons. The van der Waals surface area contributed by atoms with Gasteiger partial charge in [0, 0.05) is 0 Å². The summed E-state index contributed by atoms with van der Waals surface area (Å²) in [6.07, 6.45) is 0. The second-order valence-corrected chi connectivity index (χ2v) is 1.97. The average molecular weight is 98.1 g/mol. The van der Waals surface area contributed by atoms with E-state index in [1.165, 1.54) is 7.11 Å². The molecular formula is C2H3KO2. The van der Waals surface area contributed by atoms with E-state index in [9.17, 15) is 4.79 Å². The molecule has 0 unspecified atom stereocenters. The number of carbonyl (C=O) groups is 1. The van der Waals surface area contributed by atoms with Gasteiger partial charge in [0.2, 0.25) is 0 Å². The monoisotopic (exact) mass is 98.0 g/mol. The molecule has 0 aromatic heterocycles. The summed E-state index contributed by atoms with van der Waals surface area (Å²) in [4.78, 5) is 9.67. The van der Waals surface area contributed by atoms with E-state index in [0.29, 0.717) is 0 Å². The first-order valence-electron chi connectivity index (χ1n) is 1.32. The topological polar surface area (TPSA) is 26.3 Å². The molecule has 3 heteroatoms. The van der Waals surface area contributed by atoms with Crippen molar-refractivity contribution in [1.29, 1.82) is 0 Å². The molecule has 0 atom stereocenters. The van der Waals surface area contributed by atoms with Crippen molar-refractivity contribution in [3.8, 4) is 0 Å². The van der Waals surface area contributed by atoms with Gasteiger partial charge in [0.1, 0.15) is 0 Å². The van der Waals surface area contributed by atoms with Crippen molar-refractivity contribution >= 4 is 49.0 Å². The summed E-state index contributed by atoms with van der Waals surface area (Å²) in [6, 6.07) is 0. The average Bonchev–Trinajstić information content (AvgIpc) is 1.38. The second kappa shape index (κ2) is 3.30. The summed E-state index contributed by atoms with van der Waals surface area (Å²) < 4.78 is 4.14. The molecule has 0 heterocycles. The van der Waals surface area contributed by atoms with Crippen LogP contribution in [0, 0.1) is 0 Å². The quantitative estimate of drug-likeness (QED) is 0.396. The third-order valence-corrected chi connectivity index (χ3v) is 0.925. The number of rotatable bonds is 0. The van der Waals surface area contributed by atoms with E-state index in [4.69, 9.17) is 0 Å². The molecule has 0 radical (unpaired) electrons. The third kappa shape index (κ3) is 5.11. The minimum atomic E-state index is -0.0579. The fourth-order valence-corrected chi connectivity index (χ4v) is 0. The van der Waals surface area contributed by atoms with E-state index in [0.717, 1.165) is 0 Å². The van der Waals surface area contributed by atoms with E-state index in [1.807, 2.05) is 0 Å². The van der Waals surface area contributed by atoms with Crippen molar-refractivity contribution in [1.82, 2.24) is 0 Å². The van der Waals surface area contributed by atoms with Crippen molar-refractivity contribution in [3.63, 3.8) is 0 Å². The molecule has 0 aliphatic heterocycles. The summed E-state index contributed by atoms with van der Waals surface area (Å²) in [7, 11) is 1.40. The van der Waals surface area contributed by atoms with Gasteiger partial charge in [-0.2, -0.15) is 0 Å². The van der Waals surface area contributed by atoms with Gasteiger partial charge in [-0.1, -0.05) is 0 Å². The van der Waals surface area contributed by atoms with Crippen LogP contribution in [-0.2, 0) is 4.74 Å². The van der Waals surface area contributed by atoms with Crippen LogP contribution in [0.1, 0.15) is 0 Å². The summed E-state index contributed by atoms with van der Waals surface area (Å²) in [6.45, 7) is 0. The van der Waals surface area contributed by atoms with Gasteiger partial charge in [-0.05, 0) is 0 Å². The van der Waals surface area contributed by atoms with E-state index in [2.05, 4.69) is 4.74 Å². The number of hydrogen-bond acceptors (Lipinski definition) is 2. The molecule has 0 saturated heterocycles. The van der Waals surface area contributed by atoms with Crippen LogP contribution in [0.15, 0.2) is 0 Å². The first kappa shape index (κ1) is 6.11. The summed E-state index contributed by atoms with van der Waals surface area (Å²) >= 11 is 0.210. The third-order valence-electron chi connectivity index (χ3n) is 0.287. The molecule has 0 aromatic rings. The molecule has 0 rings (SSSR count). The van der Waals surface area contributed by atoms with Crippen LogP contribution >= 0.6 is 0 Å². The van der Waals surface area contributed by atoms with Gasteiger partial charge in [-0.25, -0.2) is 0 Å². The zero-order chi connectivity index (χ0) is 4.28. The van der Waals surface area contributed by atoms with Crippen molar-refractivity contribution < 1.29 is 9.53 Å². The van der Waals surface area contributed by atoms with Crippen LogP contribution in [0.3, 0.4) is 0 Å². The molecule has 0 spiro atoms. The number of ether oxygens (including phenoxy) is 1. The fourth-order valence-electron chi connectivity index (χ4n) is 0. The normalized spacial score (nSPS) is 7.00. The maximum absolute atomic E-state index is 9.67. The van der Waals surface area contributed by atoms with E-state index >= 15 is 0 Å². The Morgan fingerprint density at radius 1 is 2.00 bits per heavy atom. The molecule has 0 aliphatic carbocycles. The van der Waals surface area contributed by atoms with Gasteiger partial charge in [-0.15, -0.1) is 0 Å². The van der Waals surface area contributed by atoms with Crippen molar-refractivity contribution in [2.24, 2.45) is 0 Å². The predicted molar refractivity (Wildman–Crippen MR) is 18.2 cm³/mol. The number of hydrogen-bond donors (Lipinski definition) is 0. The molecule has 0 bridgehead atoms. The number of methoxy groups -OCH3 is 1. The summed E-state index contributed by atoms with van der Waals surface area (Å²) in [5, 5.41) is 0. The Hall–Kier alpha value is 1.11. The molecular weight excluding hydrogens is 95.1 g/mol. The molecule has 0 fully saturated rings. The van der Waals surface area contributed by atoms with Crippen molar-refractivity contribution in [2.45, 2.75) is 0 Å². The molecule has 0 N–H and O–H groups in total.